The molecule has 96 valence electrons. The Morgan fingerprint density at radius 3 is 2.65 bits per heavy atom. The van der Waals surface area contributed by atoms with E-state index in [4.69, 9.17) is 0 Å². The smallest absolute Gasteiger partial charge is 0.260 e. The Morgan fingerprint density at radius 2 is 2.12 bits per heavy atom. The van der Waals surface area contributed by atoms with Gasteiger partial charge in [-0.2, -0.15) is 5.10 Å². The van der Waals surface area contributed by atoms with Crippen LogP contribution < -0.4 is 10.0 Å². The highest BCUT2D eigenvalue weighted by Crippen LogP contribution is 2.36. The Morgan fingerprint density at radius 1 is 1.47 bits per heavy atom. The third-order valence-electron chi connectivity index (χ3n) is 3.02. The lowest BCUT2D eigenvalue weighted by Crippen LogP contribution is -2.35. The van der Waals surface area contributed by atoms with Crippen molar-refractivity contribution < 1.29 is 8.42 Å². The topological polar surface area (TPSA) is 86.9 Å². The molecule has 7 heteroatoms. The molecule has 0 unspecified atom stereocenters. The maximum atomic E-state index is 12.2. The van der Waals surface area contributed by atoms with Gasteiger partial charge in [-0.05, 0) is 33.7 Å². The molecular weight excluding hydrogens is 240 g/mol. The first-order valence-corrected chi connectivity index (χ1v) is 7.09. The number of aromatic amines is 1. The van der Waals surface area contributed by atoms with E-state index in [2.05, 4.69) is 20.2 Å². The molecule has 0 amide bonds. The monoisotopic (exact) mass is 258 g/mol. The van der Waals surface area contributed by atoms with Crippen LogP contribution in [0.2, 0.25) is 0 Å². The zero-order chi connectivity index (χ0) is 12.7. The van der Waals surface area contributed by atoms with Crippen molar-refractivity contribution in [1.29, 1.82) is 0 Å². The number of aryl methyl sites for hydroxylation is 1. The summed E-state index contributed by atoms with van der Waals surface area (Å²) in [6.45, 7) is 4.20. The second-order valence-corrected chi connectivity index (χ2v) is 6.43. The fourth-order valence-electron chi connectivity index (χ4n) is 1.70. The fraction of sp³-hybridized carbons (Fsp3) is 0.700. The molecule has 0 aliphatic heterocycles. The molecule has 1 heterocycles. The lowest BCUT2D eigenvalue weighted by Gasteiger charge is -2.11. The van der Waals surface area contributed by atoms with Crippen LogP contribution in [0.15, 0.2) is 5.03 Å². The summed E-state index contributed by atoms with van der Waals surface area (Å²) in [5, 5.41) is 9.69. The van der Waals surface area contributed by atoms with E-state index in [1.54, 1.807) is 7.05 Å². The van der Waals surface area contributed by atoms with Crippen molar-refractivity contribution in [3.05, 3.63) is 11.3 Å². The number of aromatic nitrogens is 2. The predicted octanol–water partition coefficient (Wildman–Crippen LogP) is 0.268. The Labute approximate surface area is 101 Å². The van der Waals surface area contributed by atoms with Gasteiger partial charge in [-0.3, -0.25) is 5.10 Å². The summed E-state index contributed by atoms with van der Waals surface area (Å²) in [6.07, 6.45) is 1.77. The molecule has 1 saturated carbocycles. The van der Waals surface area contributed by atoms with Crippen LogP contribution in [0.25, 0.3) is 0 Å². The summed E-state index contributed by atoms with van der Waals surface area (Å²) in [6, 6.07) is 0. The molecule has 1 aromatic rings. The second-order valence-electron chi connectivity index (χ2n) is 4.83. The number of nitrogens with one attached hydrogen (secondary N) is 3. The van der Waals surface area contributed by atoms with Gasteiger partial charge in [-0.25, -0.2) is 13.1 Å². The molecular formula is C10H18N4O2S. The van der Waals surface area contributed by atoms with Gasteiger partial charge in [0.05, 0.1) is 0 Å². The van der Waals surface area contributed by atoms with E-state index in [0.29, 0.717) is 12.1 Å². The number of H-pyrrole nitrogens is 1. The Kier molecular flexibility index (Phi) is 3.01. The Bertz CT molecular complexity index is 516. The SMILES string of the molecule is CNCc1c(S(=O)(=O)NC2(C)CC2)n[nH]c1C. The number of nitrogens with zero attached hydrogens (tertiary/aromatic N) is 1. The van der Waals surface area contributed by atoms with Crippen molar-refractivity contribution >= 4 is 10.0 Å². The van der Waals surface area contributed by atoms with E-state index in [0.717, 1.165) is 18.5 Å². The van der Waals surface area contributed by atoms with Crippen molar-refractivity contribution in [3.8, 4) is 0 Å². The van der Waals surface area contributed by atoms with Gasteiger partial charge >= 0.3 is 0 Å². The summed E-state index contributed by atoms with van der Waals surface area (Å²) in [7, 11) is -1.74. The molecule has 1 aromatic heterocycles. The van der Waals surface area contributed by atoms with Gasteiger partial charge in [0, 0.05) is 23.3 Å². The van der Waals surface area contributed by atoms with Crippen molar-refractivity contribution in [2.45, 2.75) is 43.8 Å². The Hall–Kier alpha value is -0.920. The molecule has 1 aliphatic carbocycles. The normalized spacial score (nSPS) is 18.3. The first-order valence-electron chi connectivity index (χ1n) is 5.60. The molecule has 2 rings (SSSR count). The molecule has 1 fully saturated rings. The molecule has 0 radical (unpaired) electrons. The minimum absolute atomic E-state index is 0.109. The number of sulfonamides is 1. The van der Waals surface area contributed by atoms with E-state index in [1.807, 2.05) is 13.8 Å². The van der Waals surface area contributed by atoms with Crippen LogP contribution in [0.3, 0.4) is 0 Å². The summed E-state index contributed by atoms with van der Waals surface area (Å²) in [4.78, 5) is 0. The van der Waals surface area contributed by atoms with Crippen LogP contribution in [-0.2, 0) is 16.6 Å². The van der Waals surface area contributed by atoms with Crippen LogP contribution in [0.4, 0.5) is 0 Å². The molecule has 0 atom stereocenters. The van der Waals surface area contributed by atoms with Crippen LogP contribution in [0.5, 0.6) is 0 Å². The lowest BCUT2D eigenvalue weighted by atomic mass is 10.3. The maximum Gasteiger partial charge on any atom is 0.260 e. The minimum Gasteiger partial charge on any atom is -0.316 e. The van der Waals surface area contributed by atoms with Gasteiger partial charge < -0.3 is 5.32 Å². The lowest BCUT2D eigenvalue weighted by molar-refractivity contribution is 0.552. The average molecular weight is 258 g/mol. The molecule has 0 aromatic carbocycles. The summed E-state index contributed by atoms with van der Waals surface area (Å²) in [5.74, 6) is 0. The highest BCUT2D eigenvalue weighted by molar-refractivity contribution is 7.89. The first-order chi connectivity index (χ1) is 7.88. The standard InChI is InChI=1S/C10H18N4O2S/c1-7-8(6-11-3)9(13-12-7)17(15,16)14-10(2)4-5-10/h11,14H,4-6H2,1-3H3,(H,12,13). The summed E-state index contributed by atoms with van der Waals surface area (Å²) >= 11 is 0. The molecule has 17 heavy (non-hydrogen) atoms. The van der Waals surface area contributed by atoms with Crippen LogP contribution in [0.1, 0.15) is 31.0 Å². The third-order valence-corrected chi connectivity index (χ3v) is 4.63. The van der Waals surface area contributed by atoms with E-state index in [9.17, 15) is 8.42 Å². The molecule has 3 N–H and O–H groups in total. The second kappa shape index (κ2) is 4.08. The highest BCUT2D eigenvalue weighted by atomic mass is 32.2. The fourth-order valence-corrected chi connectivity index (χ4v) is 3.36. The van der Waals surface area contributed by atoms with Crippen molar-refractivity contribution in [2.75, 3.05) is 7.05 Å². The van der Waals surface area contributed by atoms with Gasteiger partial charge in [0.25, 0.3) is 10.0 Å². The number of rotatable bonds is 5. The maximum absolute atomic E-state index is 12.2. The van der Waals surface area contributed by atoms with E-state index in [1.165, 1.54) is 0 Å². The number of hydrogen-bond donors (Lipinski definition) is 3. The largest absolute Gasteiger partial charge is 0.316 e. The summed E-state index contributed by atoms with van der Waals surface area (Å²) < 4.78 is 27.0. The van der Waals surface area contributed by atoms with E-state index >= 15 is 0 Å². The highest BCUT2D eigenvalue weighted by Gasteiger charge is 2.42. The van der Waals surface area contributed by atoms with E-state index < -0.39 is 10.0 Å². The van der Waals surface area contributed by atoms with Gasteiger partial charge in [0.1, 0.15) is 0 Å². The zero-order valence-corrected chi connectivity index (χ0v) is 11.1. The predicted molar refractivity (Wildman–Crippen MR) is 64.0 cm³/mol. The zero-order valence-electron chi connectivity index (χ0n) is 10.3. The van der Waals surface area contributed by atoms with Crippen molar-refractivity contribution in [2.24, 2.45) is 0 Å². The van der Waals surface area contributed by atoms with E-state index in [-0.39, 0.29) is 10.6 Å². The average Bonchev–Trinajstić information content (AvgIpc) is 2.80. The molecule has 1 aliphatic rings. The van der Waals surface area contributed by atoms with Crippen LogP contribution in [-0.4, -0.2) is 31.2 Å². The number of hydrogen-bond acceptors (Lipinski definition) is 4. The van der Waals surface area contributed by atoms with Crippen molar-refractivity contribution in [3.63, 3.8) is 0 Å². The van der Waals surface area contributed by atoms with Gasteiger partial charge in [-0.1, -0.05) is 0 Å². The third kappa shape index (κ3) is 2.51. The molecule has 0 saturated heterocycles. The van der Waals surface area contributed by atoms with Crippen LogP contribution in [0, 0.1) is 6.92 Å². The van der Waals surface area contributed by atoms with Crippen LogP contribution >= 0.6 is 0 Å². The molecule has 0 bridgehead atoms. The molecule has 6 nitrogen and oxygen atoms in total. The Balaban J connectivity index is 2.32. The van der Waals surface area contributed by atoms with Crippen molar-refractivity contribution in [1.82, 2.24) is 20.2 Å². The van der Waals surface area contributed by atoms with Gasteiger partial charge in [0.15, 0.2) is 5.03 Å². The molecule has 0 spiro atoms. The van der Waals surface area contributed by atoms with Gasteiger partial charge in [0.2, 0.25) is 0 Å². The first kappa shape index (κ1) is 12.5. The summed E-state index contributed by atoms with van der Waals surface area (Å²) in [5.41, 5.74) is 1.20. The quantitative estimate of drug-likeness (QED) is 0.707. The minimum atomic E-state index is -3.52. The van der Waals surface area contributed by atoms with Gasteiger partial charge in [-0.15, -0.1) is 0 Å².